The van der Waals surface area contributed by atoms with E-state index in [4.69, 9.17) is 4.74 Å². The van der Waals surface area contributed by atoms with Crippen LogP contribution in [0.4, 0.5) is 5.82 Å². The van der Waals surface area contributed by atoms with Crippen LogP contribution in [0.3, 0.4) is 0 Å². The molecule has 20 heavy (non-hydrogen) atoms. The van der Waals surface area contributed by atoms with E-state index in [0.717, 1.165) is 29.2 Å². The van der Waals surface area contributed by atoms with E-state index in [0.29, 0.717) is 13.2 Å². The van der Waals surface area contributed by atoms with Crippen LogP contribution in [-0.2, 0) is 11.3 Å². The molecule has 1 aliphatic rings. The highest BCUT2D eigenvalue weighted by molar-refractivity contribution is 9.10. The predicted molar refractivity (Wildman–Crippen MR) is 76.3 cm³/mol. The fraction of sp³-hybridized carbons (Fsp3) is 0.500. The minimum absolute atomic E-state index is 0.0898. The topological polar surface area (TPSA) is 69.0 Å². The first-order valence-corrected chi connectivity index (χ1v) is 7.28. The molecular weight excluding hydrogens is 324 g/mol. The van der Waals surface area contributed by atoms with Gasteiger partial charge in [0.25, 0.3) is 0 Å². The van der Waals surface area contributed by atoms with E-state index in [1.165, 1.54) is 0 Å². The maximum atomic E-state index is 5.83. The Hall–Kier alpha value is -1.54. The van der Waals surface area contributed by atoms with E-state index in [2.05, 4.69) is 47.9 Å². The Morgan fingerprint density at radius 3 is 3.20 bits per heavy atom. The number of hydrogen-bond acceptors (Lipinski definition) is 6. The van der Waals surface area contributed by atoms with Gasteiger partial charge >= 0.3 is 0 Å². The Bertz CT molecular complexity index is 589. The van der Waals surface area contributed by atoms with Crippen molar-refractivity contribution in [3.8, 4) is 0 Å². The van der Waals surface area contributed by atoms with Gasteiger partial charge in [-0.1, -0.05) is 0 Å². The summed E-state index contributed by atoms with van der Waals surface area (Å²) >= 11 is 3.49. The molecule has 1 atom stereocenters. The van der Waals surface area contributed by atoms with Crippen molar-refractivity contribution in [2.24, 2.45) is 0 Å². The highest BCUT2D eigenvalue weighted by atomic mass is 79.9. The van der Waals surface area contributed by atoms with Crippen LogP contribution in [0, 0.1) is 0 Å². The molecule has 1 saturated heterocycles. The molecule has 3 rings (SSSR count). The summed E-state index contributed by atoms with van der Waals surface area (Å²) in [6.45, 7) is 5.03. The second kappa shape index (κ2) is 5.84. The molecule has 1 fully saturated rings. The maximum absolute atomic E-state index is 5.83. The van der Waals surface area contributed by atoms with Crippen LogP contribution in [-0.4, -0.2) is 44.4 Å². The van der Waals surface area contributed by atoms with Gasteiger partial charge in [-0.15, -0.1) is 10.2 Å². The van der Waals surface area contributed by atoms with Gasteiger partial charge in [-0.05, 0) is 22.9 Å². The van der Waals surface area contributed by atoms with Crippen LogP contribution in [0.2, 0.25) is 0 Å². The lowest BCUT2D eigenvalue weighted by Gasteiger charge is -2.33. The van der Waals surface area contributed by atoms with Gasteiger partial charge in [0.15, 0.2) is 5.82 Å². The lowest BCUT2D eigenvalue weighted by Crippen LogP contribution is -2.40. The van der Waals surface area contributed by atoms with Crippen LogP contribution in [0.1, 0.15) is 18.9 Å². The van der Waals surface area contributed by atoms with Crippen molar-refractivity contribution in [1.29, 1.82) is 0 Å². The second-order valence-corrected chi connectivity index (χ2v) is 5.33. The van der Waals surface area contributed by atoms with Crippen molar-refractivity contribution in [1.82, 2.24) is 24.7 Å². The number of morpholine rings is 1. The smallest absolute Gasteiger partial charge is 0.163 e. The molecule has 0 aromatic carbocycles. The molecule has 2 aromatic heterocycles. The van der Waals surface area contributed by atoms with Crippen LogP contribution in [0.5, 0.6) is 0 Å². The van der Waals surface area contributed by atoms with E-state index in [9.17, 15) is 0 Å². The third-order valence-corrected chi connectivity index (χ3v) is 3.85. The molecule has 3 heterocycles. The lowest BCUT2D eigenvalue weighted by atomic mass is 10.2. The molecule has 0 unspecified atom stereocenters. The number of nitrogens with zero attached hydrogens (tertiary/aromatic N) is 6. The van der Waals surface area contributed by atoms with Crippen LogP contribution in [0.25, 0.3) is 0 Å². The van der Waals surface area contributed by atoms with Crippen molar-refractivity contribution in [2.75, 3.05) is 24.6 Å². The molecule has 7 nitrogen and oxygen atoms in total. The number of ether oxygens (including phenoxy) is 1. The molecule has 8 heteroatoms. The van der Waals surface area contributed by atoms with Gasteiger partial charge in [-0.25, -0.2) is 9.97 Å². The number of aromatic nitrogens is 5. The summed E-state index contributed by atoms with van der Waals surface area (Å²) in [5.74, 6) is 1.75. The molecule has 0 aliphatic carbocycles. The molecular formula is C12H15BrN6O. The minimum Gasteiger partial charge on any atom is -0.366 e. The summed E-state index contributed by atoms with van der Waals surface area (Å²) in [5, 5.41) is 8.14. The van der Waals surface area contributed by atoms with E-state index >= 15 is 0 Å². The van der Waals surface area contributed by atoms with Crippen molar-refractivity contribution >= 4 is 21.7 Å². The molecule has 0 bridgehead atoms. The Morgan fingerprint density at radius 1 is 1.50 bits per heavy atom. The molecule has 2 aromatic rings. The normalized spacial score (nSPS) is 19.3. The van der Waals surface area contributed by atoms with Gasteiger partial charge in [-0.2, -0.15) is 0 Å². The summed E-state index contributed by atoms with van der Waals surface area (Å²) < 4.78 is 8.72. The highest BCUT2D eigenvalue weighted by Crippen LogP contribution is 2.28. The zero-order chi connectivity index (χ0) is 13.9. The van der Waals surface area contributed by atoms with Crippen LogP contribution in [0.15, 0.2) is 23.3 Å². The van der Waals surface area contributed by atoms with Crippen molar-refractivity contribution in [3.05, 3.63) is 29.1 Å². The quantitative estimate of drug-likeness (QED) is 0.843. The first-order chi connectivity index (χ1) is 9.79. The van der Waals surface area contributed by atoms with Gasteiger partial charge in [0.1, 0.15) is 24.6 Å². The van der Waals surface area contributed by atoms with E-state index in [1.54, 1.807) is 18.9 Å². The maximum Gasteiger partial charge on any atom is 0.163 e. The molecule has 0 amide bonds. The van der Waals surface area contributed by atoms with Gasteiger partial charge in [0.05, 0.1) is 17.6 Å². The van der Waals surface area contributed by atoms with Gasteiger partial charge < -0.3 is 14.2 Å². The highest BCUT2D eigenvalue weighted by Gasteiger charge is 2.27. The zero-order valence-corrected chi connectivity index (χ0v) is 12.7. The van der Waals surface area contributed by atoms with Crippen LogP contribution >= 0.6 is 15.9 Å². The molecule has 0 spiro atoms. The van der Waals surface area contributed by atoms with E-state index in [-0.39, 0.29) is 6.10 Å². The largest absolute Gasteiger partial charge is 0.366 e. The van der Waals surface area contributed by atoms with E-state index in [1.807, 2.05) is 4.57 Å². The third-order valence-electron chi connectivity index (χ3n) is 3.29. The summed E-state index contributed by atoms with van der Waals surface area (Å²) in [4.78, 5) is 10.5. The first kappa shape index (κ1) is 13.4. The van der Waals surface area contributed by atoms with Gasteiger partial charge in [-0.3, -0.25) is 0 Å². The van der Waals surface area contributed by atoms with Crippen molar-refractivity contribution < 1.29 is 4.74 Å². The fourth-order valence-corrected chi connectivity index (χ4v) is 2.77. The standard InChI is InChI=1S/C12H15BrN6O/c1-2-18-8-16-17-12(18)10-6-19(3-4-20-10)11-9(13)5-14-7-15-11/h5,7-8,10H,2-4,6H2,1H3/t10-/m1/s1. The Labute approximate surface area is 125 Å². The summed E-state index contributed by atoms with van der Waals surface area (Å²) in [7, 11) is 0. The van der Waals surface area contributed by atoms with Crippen molar-refractivity contribution in [3.63, 3.8) is 0 Å². The average molecular weight is 339 g/mol. The fourth-order valence-electron chi connectivity index (χ4n) is 2.29. The number of hydrogen-bond donors (Lipinski definition) is 0. The Balaban J connectivity index is 1.82. The summed E-state index contributed by atoms with van der Waals surface area (Å²) in [5.41, 5.74) is 0. The number of aryl methyl sites for hydroxylation is 1. The van der Waals surface area contributed by atoms with Gasteiger partial charge in [0.2, 0.25) is 0 Å². The summed E-state index contributed by atoms with van der Waals surface area (Å²) in [6.07, 6.45) is 4.95. The molecule has 0 saturated carbocycles. The van der Waals surface area contributed by atoms with E-state index < -0.39 is 0 Å². The molecule has 106 valence electrons. The molecule has 0 N–H and O–H groups in total. The third kappa shape index (κ3) is 2.53. The number of rotatable bonds is 3. The lowest BCUT2D eigenvalue weighted by molar-refractivity contribution is 0.0313. The first-order valence-electron chi connectivity index (χ1n) is 6.49. The SMILES string of the molecule is CCn1cnnc1[C@H]1CN(c2ncncc2Br)CCO1. The average Bonchev–Trinajstić information content (AvgIpc) is 2.96. The van der Waals surface area contributed by atoms with Gasteiger partial charge in [0, 0.05) is 19.3 Å². The summed E-state index contributed by atoms with van der Waals surface area (Å²) in [6, 6.07) is 0. The number of anilines is 1. The zero-order valence-electron chi connectivity index (χ0n) is 11.1. The Kier molecular flexibility index (Phi) is 3.93. The predicted octanol–water partition coefficient (Wildman–Crippen LogP) is 1.43. The number of halogens is 1. The minimum atomic E-state index is -0.0898. The second-order valence-electron chi connectivity index (χ2n) is 4.47. The monoisotopic (exact) mass is 338 g/mol. The molecule has 1 aliphatic heterocycles. The van der Waals surface area contributed by atoms with Crippen LogP contribution < -0.4 is 4.90 Å². The molecule has 0 radical (unpaired) electrons. The van der Waals surface area contributed by atoms with Crippen molar-refractivity contribution in [2.45, 2.75) is 19.6 Å². The Morgan fingerprint density at radius 2 is 2.40 bits per heavy atom.